The number of furan rings is 1. The summed E-state index contributed by atoms with van der Waals surface area (Å²) in [7, 11) is 0. The number of alkyl carbamates (subject to hydrolysis) is 1. The maximum atomic E-state index is 12.5. The van der Waals surface area contributed by atoms with Crippen molar-refractivity contribution < 1.29 is 13.9 Å². The predicted molar refractivity (Wildman–Crippen MR) is 134 cm³/mol. The van der Waals surface area contributed by atoms with Crippen molar-refractivity contribution >= 4 is 22.9 Å². The highest BCUT2D eigenvalue weighted by Gasteiger charge is 2.43. The SMILES string of the molecule is CC(C)(C)NC(=O)OC1(c2ccc(-c3oc4ncc(N)cc4c3-c3ccccc3)cc2)CCC1. The minimum absolute atomic E-state index is 0.349. The van der Waals surface area contributed by atoms with Gasteiger partial charge in [0.2, 0.25) is 5.71 Å². The summed E-state index contributed by atoms with van der Waals surface area (Å²) in [5.74, 6) is 0.736. The number of benzene rings is 2. The maximum Gasteiger partial charge on any atom is 0.408 e. The van der Waals surface area contributed by atoms with Crippen LogP contribution in [-0.2, 0) is 10.3 Å². The lowest BCUT2D eigenvalue weighted by Gasteiger charge is -2.42. The van der Waals surface area contributed by atoms with Gasteiger partial charge < -0.3 is 20.2 Å². The summed E-state index contributed by atoms with van der Waals surface area (Å²) in [6.07, 6.45) is 3.87. The second-order valence-corrected chi connectivity index (χ2v) is 9.98. The summed E-state index contributed by atoms with van der Waals surface area (Å²) in [5, 5.41) is 3.78. The van der Waals surface area contributed by atoms with Crippen LogP contribution < -0.4 is 11.1 Å². The molecule has 0 bridgehead atoms. The van der Waals surface area contributed by atoms with E-state index < -0.39 is 5.60 Å². The third-order valence-corrected chi connectivity index (χ3v) is 6.23. The zero-order valence-electron chi connectivity index (χ0n) is 19.7. The van der Waals surface area contributed by atoms with Gasteiger partial charge in [0.05, 0.1) is 17.3 Å². The average molecular weight is 456 g/mol. The van der Waals surface area contributed by atoms with Crippen LogP contribution in [0.2, 0.25) is 0 Å². The van der Waals surface area contributed by atoms with Gasteiger partial charge in [0.25, 0.3) is 0 Å². The number of hydrogen-bond acceptors (Lipinski definition) is 5. The monoisotopic (exact) mass is 455 g/mol. The molecule has 34 heavy (non-hydrogen) atoms. The molecule has 0 aliphatic heterocycles. The second-order valence-electron chi connectivity index (χ2n) is 9.98. The minimum Gasteiger partial charge on any atom is -0.438 e. The Morgan fingerprint density at radius 2 is 1.76 bits per heavy atom. The van der Waals surface area contributed by atoms with Gasteiger partial charge in [-0.25, -0.2) is 9.78 Å². The van der Waals surface area contributed by atoms with Crippen molar-refractivity contribution in [2.45, 2.75) is 51.2 Å². The van der Waals surface area contributed by atoms with E-state index in [0.29, 0.717) is 11.4 Å². The number of hydrogen-bond donors (Lipinski definition) is 2. The first-order valence-corrected chi connectivity index (χ1v) is 11.6. The van der Waals surface area contributed by atoms with E-state index in [9.17, 15) is 4.79 Å². The van der Waals surface area contributed by atoms with Gasteiger partial charge in [0, 0.05) is 16.7 Å². The molecule has 0 saturated heterocycles. The molecule has 1 fully saturated rings. The molecule has 4 aromatic rings. The molecule has 0 radical (unpaired) electrons. The van der Waals surface area contributed by atoms with E-state index in [1.54, 1.807) is 6.20 Å². The molecule has 3 N–H and O–H groups in total. The largest absolute Gasteiger partial charge is 0.438 e. The molecular formula is C28H29N3O3. The van der Waals surface area contributed by atoms with E-state index in [4.69, 9.17) is 14.9 Å². The molecule has 174 valence electrons. The Morgan fingerprint density at radius 3 is 2.38 bits per heavy atom. The first-order chi connectivity index (χ1) is 16.2. The van der Waals surface area contributed by atoms with Crippen molar-refractivity contribution in [2.75, 3.05) is 5.73 Å². The highest BCUT2D eigenvalue weighted by molar-refractivity contribution is 6.01. The van der Waals surface area contributed by atoms with E-state index in [1.807, 2.05) is 69.3 Å². The topological polar surface area (TPSA) is 90.4 Å². The maximum absolute atomic E-state index is 12.5. The van der Waals surface area contributed by atoms with E-state index in [-0.39, 0.29) is 11.6 Å². The number of fused-ring (bicyclic) bond motifs is 1. The number of ether oxygens (including phenoxy) is 1. The summed E-state index contributed by atoms with van der Waals surface area (Å²) >= 11 is 0. The number of nitrogens with one attached hydrogen (secondary N) is 1. The Kier molecular flexibility index (Phi) is 5.31. The van der Waals surface area contributed by atoms with E-state index in [1.165, 1.54) is 0 Å². The molecule has 1 amide bonds. The summed E-state index contributed by atoms with van der Waals surface area (Å²) in [6, 6.07) is 20.1. The molecule has 1 aliphatic rings. The van der Waals surface area contributed by atoms with Gasteiger partial charge in [-0.3, -0.25) is 0 Å². The smallest absolute Gasteiger partial charge is 0.408 e. The highest BCUT2D eigenvalue weighted by atomic mass is 16.6. The molecule has 1 aliphatic carbocycles. The Labute approximate surface area is 199 Å². The number of nitrogens with zero attached hydrogens (tertiary/aromatic N) is 1. The van der Waals surface area contributed by atoms with Gasteiger partial charge >= 0.3 is 6.09 Å². The average Bonchev–Trinajstić information content (AvgIpc) is 3.14. The highest BCUT2D eigenvalue weighted by Crippen LogP contribution is 2.46. The molecule has 0 unspecified atom stereocenters. The number of aromatic nitrogens is 1. The first kappa shape index (κ1) is 22.0. The van der Waals surface area contributed by atoms with Crippen LogP contribution >= 0.6 is 0 Å². The number of carbonyl (C=O) groups excluding carboxylic acids is 1. The predicted octanol–water partition coefficient (Wildman–Crippen LogP) is 6.65. The van der Waals surface area contributed by atoms with Crippen molar-refractivity contribution in [2.24, 2.45) is 0 Å². The summed E-state index contributed by atoms with van der Waals surface area (Å²) in [4.78, 5) is 16.9. The number of rotatable bonds is 4. The van der Waals surface area contributed by atoms with Crippen molar-refractivity contribution in [3.63, 3.8) is 0 Å². The standard InChI is InChI=1S/C28H29N3O3/c1-27(2,3)31-26(32)34-28(14-7-15-28)20-12-10-19(11-13-20)24-23(18-8-5-4-6-9-18)22-16-21(29)17-30-25(22)33-24/h4-6,8-13,16-17H,7,14-15,29H2,1-3H3,(H,31,32). The number of pyridine rings is 1. The van der Waals surface area contributed by atoms with E-state index in [0.717, 1.165) is 52.7 Å². The number of nitrogen functional groups attached to an aromatic ring is 1. The summed E-state index contributed by atoms with van der Waals surface area (Å²) in [6.45, 7) is 5.82. The number of nitrogens with two attached hydrogens (primary N) is 1. The van der Waals surface area contributed by atoms with Crippen LogP contribution in [0.25, 0.3) is 33.6 Å². The zero-order valence-corrected chi connectivity index (χ0v) is 19.7. The van der Waals surface area contributed by atoms with Crippen LogP contribution in [-0.4, -0.2) is 16.6 Å². The Balaban J connectivity index is 1.52. The molecule has 6 heteroatoms. The summed E-state index contributed by atoms with van der Waals surface area (Å²) < 4.78 is 12.2. The number of anilines is 1. The van der Waals surface area contributed by atoms with E-state index in [2.05, 4.69) is 22.4 Å². The molecule has 0 atom stereocenters. The minimum atomic E-state index is -0.583. The first-order valence-electron chi connectivity index (χ1n) is 11.6. The van der Waals surface area contributed by atoms with Gasteiger partial charge in [-0.15, -0.1) is 0 Å². The lowest BCUT2D eigenvalue weighted by atomic mass is 9.74. The molecule has 2 aromatic carbocycles. The third-order valence-electron chi connectivity index (χ3n) is 6.23. The Morgan fingerprint density at radius 1 is 1.06 bits per heavy atom. The van der Waals surface area contributed by atoms with Crippen LogP contribution in [0.15, 0.2) is 71.3 Å². The van der Waals surface area contributed by atoms with Gasteiger partial charge in [0.1, 0.15) is 11.4 Å². The van der Waals surface area contributed by atoms with Gasteiger partial charge in [-0.05, 0) is 57.2 Å². The molecule has 2 aromatic heterocycles. The van der Waals surface area contributed by atoms with Gasteiger partial charge in [-0.2, -0.15) is 0 Å². The van der Waals surface area contributed by atoms with Crippen LogP contribution in [0, 0.1) is 0 Å². The van der Waals surface area contributed by atoms with Crippen LogP contribution in [0.5, 0.6) is 0 Å². The molecule has 6 nitrogen and oxygen atoms in total. The zero-order chi connectivity index (χ0) is 23.9. The summed E-state index contributed by atoms with van der Waals surface area (Å²) in [5.41, 5.74) is 10.1. The lowest BCUT2D eigenvalue weighted by molar-refractivity contribution is -0.0549. The molecular weight excluding hydrogens is 426 g/mol. The van der Waals surface area contributed by atoms with Gasteiger partial charge in [0.15, 0.2) is 0 Å². The van der Waals surface area contributed by atoms with Crippen molar-refractivity contribution in [1.82, 2.24) is 10.3 Å². The lowest BCUT2D eigenvalue weighted by Crippen LogP contribution is -2.47. The fraction of sp³-hybridized carbons (Fsp3) is 0.286. The number of carbonyl (C=O) groups is 1. The fourth-order valence-electron chi connectivity index (χ4n) is 4.48. The quantitative estimate of drug-likeness (QED) is 0.360. The normalized spacial score (nSPS) is 15.0. The van der Waals surface area contributed by atoms with Crippen LogP contribution in [0.3, 0.4) is 0 Å². The van der Waals surface area contributed by atoms with Crippen molar-refractivity contribution in [1.29, 1.82) is 0 Å². The number of amides is 1. The van der Waals surface area contributed by atoms with Crippen LogP contribution in [0.1, 0.15) is 45.6 Å². The molecule has 0 spiro atoms. The van der Waals surface area contributed by atoms with Gasteiger partial charge in [-0.1, -0.05) is 54.6 Å². The second kappa shape index (κ2) is 8.20. The molecule has 5 rings (SSSR count). The third kappa shape index (κ3) is 4.12. The fourth-order valence-corrected chi connectivity index (χ4v) is 4.48. The Hall–Kier alpha value is -3.80. The van der Waals surface area contributed by atoms with Crippen LogP contribution in [0.4, 0.5) is 10.5 Å². The Bertz CT molecular complexity index is 1330. The molecule has 1 saturated carbocycles. The van der Waals surface area contributed by atoms with Crippen molar-refractivity contribution in [3.05, 3.63) is 72.4 Å². The van der Waals surface area contributed by atoms with E-state index >= 15 is 0 Å². The molecule has 2 heterocycles. The van der Waals surface area contributed by atoms with Crippen molar-refractivity contribution in [3.8, 4) is 22.5 Å².